The Morgan fingerprint density at radius 1 is 1.36 bits per heavy atom. The molecule has 0 spiro atoms. The second-order valence-corrected chi connectivity index (χ2v) is 4.02. The van der Waals surface area contributed by atoms with Crippen LogP contribution in [0, 0.1) is 13.8 Å². The molecule has 0 aliphatic carbocycles. The van der Waals surface area contributed by atoms with Crippen LogP contribution in [0.25, 0.3) is 0 Å². The first kappa shape index (κ1) is 11.4. The molecule has 0 heterocycles. The van der Waals surface area contributed by atoms with Crippen LogP contribution < -0.4 is 5.73 Å². The van der Waals surface area contributed by atoms with Crippen molar-refractivity contribution in [3.8, 4) is 0 Å². The average molecular weight is 212 g/mol. The van der Waals surface area contributed by atoms with E-state index in [1.165, 1.54) is 16.7 Å². The topological polar surface area (TPSA) is 26.0 Å². The summed E-state index contributed by atoms with van der Waals surface area (Å²) in [6.07, 6.45) is 2.17. The molecule has 2 heteroatoms. The molecule has 1 nitrogen and oxygen atoms in total. The molecule has 0 saturated heterocycles. The van der Waals surface area contributed by atoms with Gasteiger partial charge >= 0.3 is 0 Å². The van der Waals surface area contributed by atoms with Crippen molar-refractivity contribution in [3.05, 3.63) is 28.3 Å². The third-order valence-corrected chi connectivity index (χ3v) is 3.04. The summed E-state index contributed by atoms with van der Waals surface area (Å²) in [5.74, 6) is 0.504. The molecule has 0 atom stereocenters. The maximum atomic E-state index is 6.07. The summed E-state index contributed by atoms with van der Waals surface area (Å²) in [6.45, 7) is 6.42. The first-order chi connectivity index (χ1) is 6.61. The Morgan fingerprint density at radius 3 is 2.50 bits per heavy atom. The third-order valence-electron chi connectivity index (χ3n) is 2.75. The molecule has 0 aliphatic rings. The fraction of sp³-hybridized carbons (Fsp3) is 0.500. The molecule has 0 fully saturated rings. The molecular formula is C12H18ClN. The molecule has 2 N–H and O–H groups in total. The van der Waals surface area contributed by atoms with Crippen molar-refractivity contribution in [1.29, 1.82) is 0 Å². The molecule has 0 unspecified atom stereocenters. The Balaban J connectivity index is 3.29. The number of anilines is 1. The molecule has 1 aromatic carbocycles. The van der Waals surface area contributed by atoms with E-state index in [9.17, 15) is 0 Å². The van der Waals surface area contributed by atoms with E-state index in [0.717, 1.165) is 24.1 Å². The van der Waals surface area contributed by atoms with Gasteiger partial charge in [0.05, 0.1) is 0 Å². The van der Waals surface area contributed by atoms with E-state index in [-0.39, 0.29) is 0 Å². The lowest BCUT2D eigenvalue weighted by atomic mass is 9.95. The van der Waals surface area contributed by atoms with Crippen LogP contribution >= 0.6 is 11.6 Å². The molecule has 78 valence electrons. The molecule has 1 aromatic rings. The van der Waals surface area contributed by atoms with E-state index in [2.05, 4.69) is 26.8 Å². The van der Waals surface area contributed by atoms with Crippen LogP contribution in [-0.2, 0) is 12.3 Å². The zero-order valence-corrected chi connectivity index (χ0v) is 9.91. The first-order valence-corrected chi connectivity index (χ1v) is 5.58. The predicted octanol–water partition coefficient (Wildman–Crippen LogP) is 3.58. The summed E-state index contributed by atoms with van der Waals surface area (Å²) in [4.78, 5) is 0. The molecule has 0 saturated carbocycles. The Bertz CT molecular complexity index is 332. The summed E-state index contributed by atoms with van der Waals surface area (Å²) < 4.78 is 0. The van der Waals surface area contributed by atoms with Crippen molar-refractivity contribution in [2.45, 2.75) is 39.5 Å². The summed E-state index contributed by atoms with van der Waals surface area (Å²) in [5.41, 5.74) is 11.9. The molecule has 14 heavy (non-hydrogen) atoms. The van der Waals surface area contributed by atoms with Crippen LogP contribution in [-0.4, -0.2) is 0 Å². The number of aryl methyl sites for hydroxylation is 1. The van der Waals surface area contributed by atoms with Gasteiger partial charge in [0.15, 0.2) is 0 Å². The first-order valence-electron chi connectivity index (χ1n) is 5.05. The molecule has 0 radical (unpaired) electrons. The van der Waals surface area contributed by atoms with Gasteiger partial charge in [-0.3, -0.25) is 0 Å². The van der Waals surface area contributed by atoms with Crippen LogP contribution in [0.4, 0.5) is 5.69 Å². The van der Waals surface area contributed by atoms with Crippen LogP contribution in [0.2, 0.25) is 0 Å². The third kappa shape index (κ3) is 2.03. The minimum atomic E-state index is 0.504. The van der Waals surface area contributed by atoms with E-state index in [1.807, 2.05) is 0 Å². The van der Waals surface area contributed by atoms with Crippen LogP contribution in [0.15, 0.2) is 6.07 Å². The van der Waals surface area contributed by atoms with Crippen molar-refractivity contribution in [2.24, 2.45) is 0 Å². The lowest BCUT2D eigenvalue weighted by Gasteiger charge is -2.14. The summed E-state index contributed by atoms with van der Waals surface area (Å²) in [6, 6.07) is 2.09. The highest BCUT2D eigenvalue weighted by atomic mass is 35.5. The van der Waals surface area contributed by atoms with E-state index in [0.29, 0.717) is 5.88 Å². The highest BCUT2D eigenvalue weighted by molar-refractivity contribution is 6.17. The van der Waals surface area contributed by atoms with Gasteiger partial charge in [0, 0.05) is 11.6 Å². The average Bonchev–Trinajstić information content (AvgIpc) is 2.18. The SMILES string of the molecule is CCCc1c(C)c(C)cc(CCl)c1N. The van der Waals surface area contributed by atoms with Gasteiger partial charge in [0.2, 0.25) is 0 Å². The van der Waals surface area contributed by atoms with Crippen molar-refractivity contribution in [1.82, 2.24) is 0 Å². The van der Waals surface area contributed by atoms with Crippen molar-refractivity contribution in [2.75, 3.05) is 5.73 Å². The normalized spacial score (nSPS) is 10.6. The van der Waals surface area contributed by atoms with Gasteiger partial charge < -0.3 is 5.73 Å². The smallest absolute Gasteiger partial charge is 0.0494 e. The standard InChI is InChI=1S/C12H18ClN/c1-4-5-11-9(3)8(2)6-10(7-13)12(11)14/h6H,4-5,7,14H2,1-3H3. The largest absolute Gasteiger partial charge is 0.398 e. The van der Waals surface area contributed by atoms with Crippen LogP contribution in [0.1, 0.15) is 35.6 Å². The lowest BCUT2D eigenvalue weighted by molar-refractivity contribution is 0.910. The Labute approximate surface area is 91.3 Å². The van der Waals surface area contributed by atoms with Crippen molar-refractivity contribution < 1.29 is 0 Å². The highest BCUT2D eigenvalue weighted by Gasteiger charge is 2.09. The highest BCUT2D eigenvalue weighted by Crippen LogP contribution is 2.27. The number of benzene rings is 1. The predicted molar refractivity (Wildman–Crippen MR) is 63.9 cm³/mol. The molecular weight excluding hydrogens is 194 g/mol. The van der Waals surface area contributed by atoms with Gasteiger partial charge in [-0.15, -0.1) is 11.6 Å². The zero-order chi connectivity index (χ0) is 10.7. The molecule has 0 bridgehead atoms. The van der Waals surface area contributed by atoms with Crippen molar-refractivity contribution in [3.63, 3.8) is 0 Å². The number of nitrogen functional groups attached to an aromatic ring is 1. The number of nitrogens with two attached hydrogens (primary N) is 1. The number of halogens is 1. The second-order valence-electron chi connectivity index (χ2n) is 3.75. The summed E-state index contributed by atoms with van der Waals surface area (Å²) >= 11 is 5.85. The number of hydrogen-bond donors (Lipinski definition) is 1. The quantitative estimate of drug-likeness (QED) is 0.600. The van der Waals surface area contributed by atoms with Crippen LogP contribution in [0.3, 0.4) is 0 Å². The zero-order valence-electron chi connectivity index (χ0n) is 9.15. The fourth-order valence-electron chi connectivity index (χ4n) is 1.76. The number of hydrogen-bond acceptors (Lipinski definition) is 1. The van der Waals surface area contributed by atoms with E-state index < -0.39 is 0 Å². The van der Waals surface area contributed by atoms with E-state index in [1.54, 1.807) is 0 Å². The Kier molecular flexibility index (Phi) is 3.82. The van der Waals surface area contributed by atoms with Gasteiger partial charge in [0.25, 0.3) is 0 Å². The lowest BCUT2D eigenvalue weighted by Crippen LogP contribution is -2.03. The summed E-state index contributed by atoms with van der Waals surface area (Å²) in [5, 5.41) is 0. The molecule has 0 aliphatic heterocycles. The van der Waals surface area contributed by atoms with Gasteiger partial charge in [-0.05, 0) is 42.5 Å². The minimum Gasteiger partial charge on any atom is -0.398 e. The molecule has 0 amide bonds. The molecule has 1 rings (SSSR count). The van der Waals surface area contributed by atoms with Gasteiger partial charge in [0.1, 0.15) is 0 Å². The summed E-state index contributed by atoms with van der Waals surface area (Å²) in [7, 11) is 0. The van der Waals surface area contributed by atoms with Gasteiger partial charge in [-0.1, -0.05) is 19.4 Å². The monoisotopic (exact) mass is 211 g/mol. The van der Waals surface area contributed by atoms with Gasteiger partial charge in [-0.25, -0.2) is 0 Å². The number of alkyl halides is 1. The Hall–Kier alpha value is -0.690. The van der Waals surface area contributed by atoms with E-state index >= 15 is 0 Å². The maximum absolute atomic E-state index is 6.07. The maximum Gasteiger partial charge on any atom is 0.0494 e. The molecule has 0 aromatic heterocycles. The number of rotatable bonds is 3. The van der Waals surface area contributed by atoms with Crippen LogP contribution in [0.5, 0.6) is 0 Å². The minimum absolute atomic E-state index is 0.504. The van der Waals surface area contributed by atoms with Crippen molar-refractivity contribution >= 4 is 17.3 Å². The Morgan fingerprint density at radius 2 is 2.00 bits per heavy atom. The fourth-order valence-corrected chi connectivity index (χ4v) is 1.99. The van der Waals surface area contributed by atoms with E-state index in [4.69, 9.17) is 17.3 Å². The second kappa shape index (κ2) is 4.70. The van der Waals surface area contributed by atoms with Gasteiger partial charge in [-0.2, -0.15) is 0 Å².